The molecular formula is C20H33N. The Hall–Kier alpha value is -0.820. The average molecular weight is 287 g/mol. The Kier molecular flexibility index (Phi) is 6.76. The third-order valence-electron chi connectivity index (χ3n) is 4.83. The average Bonchev–Trinajstić information content (AvgIpc) is 2.71. The van der Waals surface area contributed by atoms with E-state index >= 15 is 0 Å². The lowest BCUT2D eigenvalue weighted by molar-refractivity contribution is 0.356. The van der Waals surface area contributed by atoms with Gasteiger partial charge in [-0.2, -0.15) is 0 Å². The van der Waals surface area contributed by atoms with Crippen molar-refractivity contribution in [1.29, 1.82) is 0 Å². The van der Waals surface area contributed by atoms with Gasteiger partial charge < -0.3 is 5.32 Å². The lowest BCUT2D eigenvalue weighted by atomic mass is 9.88. The van der Waals surface area contributed by atoms with Gasteiger partial charge in [-0.3, -0.25) is 0 Å². The Morgan fingerprint density at radius 1 is 1.00 bits per heavy atom. The molecule has 0 aliphatic heterocycles. The smallest absolute Gasteiger partial charge is 0.0323 e. The van der Waals surface area contributed by atoms with Crippen LogP contribution in [0.2, 0.25) is 0 Å². The van der Waals surface area contributed by atoms with Crippen molar-refractivity contribution < 1.29 is 0 Å². The van der Waals surface area contributed by atoms with Gasteiger partial charge in [-0.25, -0.2) is 0 Å². The molecule has 118 valence electrons. The molecule has 1 aromatic carbocycles. The Bertz CT molecular complexity index is 396. The predicted octanol–water partition coefficient (Wildman–Crippen LogP) is 5.70. The first-order valence-corrected chi connectivity index (χ1v) is 9.00. The van der Waals surface area contributed by atoms with Crippen molar-refractivity contribution >= 4 is 0 Å². The summed E-state index contributed by atoms with van der Waals surface area (Å²) < 4.78 is 0. The highest BCUT2D eigenvalue weighted by molar-refractivity contribution is 5.30. The molecule has 0 aromatic heterocycles. The van der Waals surface area contributed by atoms with Crippen molar-refractivity contribution in [2.45, 2.75) is 78.2 Å². The maximum atomic E-state index is 3.81. The predicted molar refractivity (Wildman–Crippen MR) is 92.8 cm³/mol. The molecule has 0 spiro atoms. The largest absolute Gasteiger partial charge is 0.310 e. The van der Waals surface area contributed by atoms with Gasteiger partial charge in [-0.1, -0.05) is 74.8 Å². The Morgan fingerprint density at radius 3 is 2.19 bits per heavy atom. The summed E-state index contributed by atoms with van der Waals surface area (Å²) in [6.07, 6.45) is 11.2. The fraction of sp³-hybridized carbons (Fsp3) is 0.700. The molecule has 21 heavy (non-hydrogen) atoms. The van der Waals surface area contributed by atoms with Crippen LogP contribution in [-0.2, 0) is 0 Å². The number of nitrogens with one attached hydrogen (secondary N) is 1. The fourth-order valence-electron chi connectivity index (χ4n) is 3.80. The van der Waals surface area contributed by atoms with Gasteiger partial charge >= 0.3 is 0 Å². The van der Waals surface area contributed by atoms with E-state index < -0.39 is 0 Å². The normalized spacial score (nSPS) is 18.4. The highest BCUT2D eigenvalue weighted by atomic mass is 14.9. The minimum Gasteiger partial charge on any atom is -0.310 e. The van der Waals surface area contributed by atoms with Crippen molar-refractivity contribution in [3.63, 3.8) is 0 Å². The van der Waals surface area contributed by atoms with Gasteiger partial charge in [0.15, 0.2) is 0 Å². The lowest BCUT2D eigenvalue weighted by Gasteiger charge is -2.25. The molecule has 0 bridgehead atoms. The van der Waals surface area contributed by atoms with Gasteiger partial charge in [-0.15, -0.1) is 0 Å². The first kappa shape index (κ1) is 16.5. The third kappa shape index (κ3) is 5.47. The molecule has 1 N–H and O–H groups in total. The fourth-order valence-corrected chi connectivity index (χ4v) is 3.80. The molecule has 1 nitrogen and oxygen atoms in total. The molecule has 0 heterocycles. The van der Waals surface area contributed by atoms with E-state index in [9.17, 15) is 0 Å². The number of hydrogen-bond acceptors (Lipinski definition) is 1. The minimum absolute atomic E-state index is 0.548. The quantitative estimate of drug-likeness (QED) is 0.661. The van der Waals surface area contributed by atoms with E-state index in [-0.39, 0.29) is 0 Å². The first-order valence-electron chi connectivity index (χ1n) is 9.00. The van der Waals surface area contributed by atoms with E-state index in [2.05, 4.69) is 44.3 Å². The molecule has 2 rings (SSSR count). The second kappa shape index (κ2) is 8.58. The van der Waals surface area contributed by atoms with Crippen LogP contribution in [0.4, 0.5) is 0 Å². The molecule has 1 unspecified atom stereocenters. The maximum absolute atomic E-state index is 3.81. The van der Waals surface area contributed by atoms with E-state index in [0.717, 1.165) is 12.5 Å². The molecule has 1 atom stereocenters. The summed E-state index contributed by atoms with van der Waals surface area (Å²) in [6.45, 7) is 7.83. The number of benzene rings is 1. The standard InChI is InChI=1S/C20H33N/c1-4-11-21-20(15-18-9-7-5-6-8-10-18)19-13-16(2)12-17(3)14-19/h12-14,18,20-21H,4-11,15H2,1-3H3. The van der Waals surface area contributed by atoms with E-state index in [0.29, 0.717) is 6.04 Å². The number of rotatable bonds is 6. The summed E-state index contributed by atoms with van der Waals surface area (Å²) in [5.74, 6) is 0.919. The molecule has 0 radical (unpaired) electrons. The zero-order valence-electron chi connectivity index (χ0n) is 14.3. The van der Waals surface area contributed by atoms with Gasteiger partial charge in [-0.05, 0) is 44.7 Å². The Morgan fingerprint density at radius 2 is 1.62 bits per heavy atom. The van der Waals surface area contributed by atoms with E-state index in [1.807, 2.05) is 0 Å². The third-order valence-corrected chi connectivity index (χ3v) is 4.83. The second-order valence-corrected chi connectivity index (χ2v) is 7.02. The molecule has 0 saturated heterocycles. The molecule has 1 aliphatic carbocycles. The summed E-state index contributed by atoms with van der Waals surface area (Å²) in [5, 5.41) is 3.81. The monoisotopic (exact) mass is 287 g/mol. The maximum Gasteiger partial charge on any atom is 0.0323 e. The summed E-state index contributed by atoms with van der Waals surface area (Å²) in [4.78, 5) is 0. The van der Waals surface area contributed by atoms with Crippen LogP contribution in [0.15, 0.2) is 18.2 Å². The van der Waals surface area contributed by atoms with E-state index in [1.165, 1.54) is 68.1 Å². The second-order valence-electron chi connectivity index (χ2n) is 7.02. The van der Waals surface area contributed by atoms with Crippen molar-refractivity contribution in [2.75, 3.05) is 6.54 Å². The molecule has 1 fully saturated rings. The Balaban J connectivity index is 2.08. The Labute approximate surface area is 131 Å². The van der Waals surface area contributed by atoms with Crippen LogP contribution in [0.1, 0.15) is 81.0 Å². The van der Waals surface area contributed by atoms with Gasteiger partial charge in [0.05, 0.1) is 0 Å². The highest BCUT2D eigenvalue weighted by Gasteiger charge is 2.19. The van der Waals surface area contributed by atoms with E-state index in [1.54, 1.807) is 0 Å². The summed E-state index contributed by atoms with van der Waals surface area (Å²) >= 11 is 0. The van der Waals surface area contributed by atoms with Crippen LogP contribution in [0.25, 0.3) is 0 Å². The lowest BCUT2D eigenvalue weighted by Crippen LogP contribution is -2.24. The van der Waals surface area contributed by atoms with Gasteiger partial charge in [0, 0.05) is 6.04 Å². The molecule has 0 amide bonds. The van der Waals surface area contributed by atoms with Crippen LogP contribution in [0.3, 0.4) is 0 Å². The van der Waals surface area contributed by atoms with Crippen LogP contribution >= 0.6 is 0 Å². The van der Waals surface area contributed by atoms with E-state index in [4.69, 9.17) is 0 Å². The van der Waals surface area contributed by atoms with Crippen LogP contribution in [0, 0.1) is 19.8 Å². The van der Waals surface area contributed by atoms with Gasteiger partial charge in [0.2, 0.25) is 0 Å². The first-order chi connectivity index (χ1) is 10.2. The van der Waals surface area contributed by atoms with Gasteiger partial charge in [0.1, 0.15) is 0 Å². The van der Waals surface area contributed by atoms with Gasteiger partial charge in [0.25, 0.3) is 0 Å². The molecule has 1 aromatic rings. The molecule has 1 heteroatoms. The minimum atomic E-state index is 0.548. The van der Waals surface area contributed by atoms with Crippen LogP contribution in [-0.4, -0.2) is 6.54 Å². The SMILES string of the molecule is CCCNC(CC1CCCCCC1)c1cc(C)cc(C)c1. The summed E-state index contributed by atoms with van der Waals surface area (Å²) in [7, 11) is 0. The number of aryl methyl sites for hydroxylation is 2. The molecule has 1 saturated carbocycles. The van der Waals surface area contributed by atoms with Crippen molar-refractivity contribution in [3.05, 3.63) is 34.9 Å². The molecule has 1 aliphatic rings. The van der Waals surface area contributed by atoms with Crippen LogP contribution in [0.5, 0.6) is 0 Å². The summed E-state index contributed by atoms with van der Waals surface area (Å²) in [5.41, 5.74) is 4.30. The highest BCUT2D eigenvalue weighted by Crippen LogP contribution is 2.31. The van der Waals surface area contributed by atoms with Crippen LogP contribution < -0.4 is 5.32 Å². The summed E-state index contributed by atoms with van der Waals surface area (Å²) in [6, 6.07) is 7.60. The number of hydrogen-bond donors (Lipinski definition) is 1. The zero-order valence-corrected chi connectivity index (χ0v) is 14.3. The zero-order chi connectivity index (χ0) is 15.1. The van der Waals surface area contributed by atoms with Crippen molar-refractivity contribution in [2.24, 2.45) is 5.92 Å². The van der Waals surface area contributed by atoms with Crippen molar-refractivity contribution in [1.82, 2.24) is 5.32 Å². The topological polar surface area (TPSA) is 12.0 Å². The molecular weight excluding hydrogens is 254 g/mol. The van der Waals surface area contributed by atoms with Crippen molar-refractivity contribution in [3.8, 4) is 0 Å².